The zero-order valence-electron chi connectivity index (χ0n) is 10.4. The van der Waals surface area contributed by atoms with Crippen LogP contribution in [-0.4, -0.2) is 41.8 Å². The SMILES string of the molecule is Cc1cc([N+](=O)[O-])ccc1N1CCOC(C(=O)O)C1. The number of anilines is 1. The van der Waals surface area contributed by atoms with Gasteiger partial charge in [-0.05, 0) is 18.6 Å². The zero-order chi connectivity index (χ0) is 14.0. The number of carboxylic acids is 1. The third-order valence-electron chi connectivity index (χ3n) is 3.07. The van der Waals surface area contributed by atoms with Crippen molar-refractivity contribution in [1.29, 1.82) is 0 Å². The summed E-state index contributed by atoms with van der Waals surface area (Å²) in [6.07, 6.45) is -0.858. The molecule has 1 heterocycles. The molecule has 1 atom stereocenters. The number of rotatable bonds is 3. The van der Waals surface area contributed by atoms with Crippen LogP contribution in [0.4, 0.5) is 11.4 Å². The molecule has 102 valence electrons. The van der Waals surface area contributed by atoms with E-state index in [0.29, 0.717) is 13.2 Å². The van der Waals surface area contributed by atoms with Crippen molar-refractivity contribution >= 4 is 17.3 Å². The summed E-state index contributed by atoms with van der Waals surface area (Å²) in [6, 6.07) is 4.56. The zero-order valence-corrected chi connectivity index (χ0v) is 10.4. The number of morpholine rings is 1. The molecule has 1 aromatic rings. The topological polar surface area (TPSA) is 92.9 Å². The molecule has 0 aromatic heterocycles. The van der Waals surface area contributed by atoms with Crippen LogP contribution in [0.5, 0.6) is 0 Å². The summed E-state index contributed by atoms with van der Waals surface area (Å²) < 4.78 is 5.14. The average Bonchev–Trinajstić information content (AvgIpc) is 2.38. The predicted molar refractivity (Wildman–Crippen MR) is 67.4 cm³/mol. The molecule has 0 saturated carbocycles. The van der Waals surface area contributed by atoms with Gasteiger partial charge in [-0.15, -0.1) is 0 Å². The molecule has 19 heavy (non-hydrogen) atoms. The van der Waals surface area contributed by atoms with Gasteiger partial charge in [0, 0.05) is 24.4 Å². The van der Waals surface area contributed by atoms with E-state index >= 15 is 0 Å². The molecule has 2 rings (SSSR count). The maximum atomic E-state index is 10.9. The quantitative estimate of drug-likeness (QED) is 0.652. The van der Waals surface area contributed by atoms with Crippen LogP contribution in [0.2, 0.25) is 0 Å². The van der Waals surface area contributed by atoms with Gasteiger partial charge in [0.05, 0.1) is 18.1 Å². The number of hydrogen-bond acceptors (Lipinski definition) is 5. The second kappa shape index (κ2) is 5.23. The summed E-state index contributed by atoms with van der Waals surface area (Å²) in [7, 11) is 0. The Labute approximate surface area is 109 Å². The molecule has 1 fully saturated rings. The Morgan fingerprint density at radius 1 is 1.58 bits per heavy atom. The van der Waals surface area contributed by atoms with E-state index in [9.17, 15) is 14.9 Å². The number of aliphatic carboxylic acids is 1. The predicted octanol–water partition coefficient (Wildman–Crippen LogP) is 1.19. The maximum absolute atomic E-state index is 10.9. The normalized spacial score (nSPS) is 19.2. The Kier molecular flexibility index (Phi) is 3.66. The van der Waals surface area contributed by atoms with E-state index in [1.807, 2.05) is 4.90 Å². The summed E-state index contributed by atoms with van der Waals surface area (Å²) in [6.45, 7) is 2.91. The number of benzene rings is 1. The lowest BCUT2D eigenvalue weighted by Crippen LogP contribution is -2.46. The Morgan fingerprint density at radius 2 is 2.32 bits per heavy atom. The smallest absolute Gasteiger partial charge is 0.334 e. The van der Waals surface area contributed by atoms with Gasteiger partial charge in [0.25, 0.3) is 5.69 Å². The highest BCUT2D eigenvalue weighted by Crippen LogP contribution is 2.26. The van der Waals surface area contributed by atoms with Crippen molar-refractivity contribution in [2.75, 3.05) is 24.6 Å². The van der Waals surface area contributed by atoms with E-state index in [-0.39, 0.29) is 12.2 Å². The molecule has 0 spiro atoms. The van der Waals surface area contributed by atoms with Crippen molar-refractivity contribution in [2.24, 2.45) is 0 Å². The standard InChI is InChI=1S/C12H14N2O5/c1-8-6-9(14(17)18)2-3-10(8)13-4-5-19-11(7-13)12(15)16/h2-3,6,11H,4-5,7H2,1H3,(H,15,16). The first kappa shape index (κ1) is 13.3. The summed E-state index contributed by atoms with van der Waals surface area (Å²) in [5.74, 6) is -0.996. The summed E-state index contributed by atoms with van der Waals surface area (Å²) >= 11 is 0. The van der Waals surface area contributed by atoms with Crippen LogP contribution >= 0.6 is 0 Å². The number of ether oxygens (including phenoxy) is 1. The Hall–Kier alpha value is -2.15. The molecule has 1 aromatic carbocycles. The Bertz CT molecular complexity index is 517. The van der Waals surface area contributed by atoms with E-state index in [1.165, 1.54) is 12.1 Å². The van der Waals surface area contributed by atoms with Crippen molar-refractivity contribution in [2.45, 2.75) is 13.0 Å². The number of non-ortho nitro benzene ring substituents is 1. The first-order valence-electron chi connectivity index (χ1n) is 5.83. The molecule has 0 radical (unpaired) electrons. The molecule has 1 N–H and O–H groups in total. The van der Waals surface area contributed by atoms with Gasteiger partial charge in [0.1, 0.15) is 0 Å². The minimum absolute atomic E-state index is 0.0318. The summed E-state index contributed by atoms with van der Waals surface area (Å²) in [4.78, 5) is 23.0. The van der Waals surface area contributed by atoms with Crippen molar-refractivity contribution in [3.63, 3.8) is 0 Å². The van der Waals surface area contributed by atoms with E-state index in [1.54, 1.807) is 13.0 Å². The van der Waals surface area contributed by atoms with Crippen LogP contribution in [0.3, 0.4) is 0 Å². The highest BCUT2D eigenvalue weighted by Gasteiger charge is 2.27. The third kappa shape index (κ3) is 2.82. The van der Waals surface area contributed by atoms with Crippen LogP contribution in [0.15, 0.2) is 18.2 Å². The molecule has 0 aliphatic carbocycles. The molecule has 7 nitrogen and oxygen atoms in total. The lowest BCUT2D eigenvalue weighted by Gasteiger charge is -2.33. The second-order valence-electron chi connectivity index (χ2n) is 4.37. The van der Waals surface area contributed by atoms with Crippen LogP contribution < -0.4 is 4.90 Å². The van der Waals surface area contributed by atoms with E-state index in [0.717, 1.165) is 11.3 Å². The minimum atomic E-state index is -0.996. The Balaban J connectivity index is 2.22. The van der Waals surface area contributed by atoms with Gasteiger partial charge in [-0.2, -0.15) is 0 Å². The molecule has 7 heteroatoms. The number of nitro groups is 1. The lowest BCUT2D eigenvalue weighted by molar-refractivity contribution is -0.384. The summed E-state index contributed by atoms with van der Waals surface area (Å²) in [5.41, 5.74) is 1.59. The van der Waals surface area contributed by atoms with Crippen molar-refractivity contribution in [3.8, 4) is 0 Å². The number of carboxylic acid groups (broad SMARTS) is 1. The molecule has 0 amide bonds. The first-order chi connectivity index (χ1) is 8.99. The van der Waals surface area contributed by atoms with Crippen LogP contribution in [-0.2, 0) is 9.53 Å². The number of aryl methyl sites for hydroxylation is 1. The molecule has 1 unspecified atom stereocenters. The van der Waals surface area contributed by atoms with Crippen LogP contribution in [0, 0.1) is 17.0 Å². The molecule has 1 saturated heterocycles. The molecule has 0 bridgehead atoms. The van der Waals surface area contributed by atoms with E-state index < -0.39 is 17.0 Å². The van der Waals surface area contributed by atoms with Gasteiger partial charge >= 0.3 is 5.97 Å². The fourth-order valence-corrected chi connectivity index (χ4v) is 2.13. The van der Waals surface area contributed by atoms with Gasteiger partial charge in [0.15, 0.2) is 6.10 Å². The van der Waals surface area contributed by atoms with Gasteiger partial charge in [0.2, 0.25) is 0 Å². The number of nitro benzene ring substituents is 1. The molecule has 1 aliphatic heterocycles. The van der Waals surface area contributed by atoms with Crippen molar-refractivity contribution in [3.05, 3.63) is 33.9 Å². The third-order valence-corrected chi connectivity index (χ3v) is 3.07. The largest absolute Gasteiger partial charge is 0.479 e. The van der Waals surface area contributed by atoms with E-state index in [4.69, 9.17) is 9.84 Å². The van der Waals surface area contributed by atoms with Crippen molar-refractivity contribution < 1.29 is 19.6 Å². The molecule has 1 aliphatic rings. The van der Waals surface area contributed by atoms with Gasteiger partial charge < -0.3 is 14.7 Å². The van der Waals surface area contributed by atoms with Crippen molar-refractivity contribution in [1.82, 2.24) is 0 Å². The number of hydrogen-bond donors (Lipinski definition) is 1. The average molecular weight is 266 g/mol. The fraction of sp³-hybridized carbons (Fsp3) is 0.417. The number of nitrogens with zero attached hydrogens (tertiary/aromatic N) is 2. The molecular weight excluding hydrogens is 252 g/mol. The van der Waals surface area contributed by atoms with Crippen LogP contribution in [0.25, 0.3) is 0 Å². The number of carbonyl (C=O) groups is 1. The first-order valence-corrected chi connectivity index (χ1v) is 5.83. The van der Waals surface area contributed by atoms with Gasteiger partial charge in [-0.25, -0.2) is 4.79 Å². The molecular formula is C12H14N2O5. The summed E-state index contributed by atoms with van der Waals surface area (Å²) in [5, 5.41) is 19.6. The maximum Gasteiger partial charge on any atom is 0.334 e. The second-order valence-corrected chi connectivity index (χ2v) is 4.37. The monoisotopic (exact) mass is 266 g/mol. The van der Waals surface area contributed by atoms with Gasteiger partial charge in [-0.3, -0.25) is 10.1 Å². The van der Waals surface area contributed by atoms with E-state index in [2.05, 4.69) is 0 Å². The Morgan fingerprint density at radius 3 is 2.89 bits per heavy atom. The fourth-order valence-electron chi connectivity index (χ4n) is 2.13. The van der Waals surface area contributed by atoms with Crippen LogP contribution in [0.1, 0.15) is 5.56 Å². The highest BCUT2D eigenvalue weighted by molar-refractivity contribution is 5.74. The van der Waals surface area contributed by atoms with Gasteiger partial charge in [-0.1, -0.05) is 0 Å². The highest BCUT2D eigenvalue weighted by atomic mass is 16.6. The minimum Gasteiger partial charge on any atom is -0.479 e. The lowest BCUT2D eigenvalue weighted by atomic mass is 10.1.